The zero-order chi connectivity index (χ0) is 23.4. The fourth-order valence-corrected chi connectivity index (χ4v) is 3.42. The van der Waals surface area contributed by atoms with Gasteiger partial charge in [-0.2, -0.15) is 0 Å². The van der Waals surface area contributed by atoms with Gasteiger partial charge in [-0.05, 0) is 37.3 Å². The van der Waals surface area contributed by atoms with Gasteiger partial charge in [0.25, 0.3) is 5.69 Å². The van der Waals surface area contributed by atoms with Crippen LogP contribution < -0.4 is 14.4 Å². The summed E-state index contributed by atoms with van der Waals surface area (Å²) in [7, 11) is 2.85. The Labute approximate surface area is 183 Å². The minimum Gasteiger partial charge on any atom is -0.497 e. The van der Waals surface area contributed by atoms with Gasteiger partial charge in [0.1, 0.15) is 11.5 Å². The van der Waals surface area contributed by atoms with Crippen molar-refractivity contribution in [2.24, 2.45) is 5.92 Å². The highest BCUT2D eigenvalue weighted by atomic mass is 16.6. The molecular formula is C22H22N2O8. The van der Waals surface area contributed by atoms with Crippen molar-refractivity contribution in [1.29, 1.82) is 0 Å². The number of ether oxygens (including phenoxy) is 3. The number of hydrogen-bond acceptors (Lipinski definition) is 8. The Morgan fingerprint density at radius 1 is 1.12 bits per heavy atom. The lowest BCUT2D eigenvalue weighted by atomic mass is 10.1. The number of hydrogen-bond donors (Lipinski definition) is 0. The van der Waals surface area contributed by atoms with E-state index in [0.29, 0.717) is 17.0 Å². The molecule has 0 unspecified atom stereocenters. The first-order valence-electron chi connectivity index (χ1n) is 9.76. The maximum Gasteiger partial charge on any atom is 0.312 e. The summed E-state index contributed by atoms with van der Waals surface area (Å²) in [5, 5.41) is 11.0. The predicted octanol–water partition coefficient (Wildman–Crippen LogP) is 2.78. The normalized spacial score (nSPS) is 16.4. The summed E-state index contributed by atoms with van der Waals surface area (Å²) in [6, 6.07) is 10.3. The molecule has 1 saturated heterocycles. The molecule has 1 amide bonds. The van der Waals surface area contributed by atoms with Crippen LogP contribution in [0.3, 0.4) is 0 Å². The largest absolute Gasteiger partial charge is 0.497 e. The first-order chi connectivity index (χ1) is 15.2. The number of Topliss-reactive ketones (excluding diaryl/α,β-unsaturated/α-hetero) is 1. The highest BCUT2D eigenvalue weighted by Crippen LogP contribution is 2.36. The monoisotopic (exact) mass is 442 g/mol. The number of anilines is 1. The number of esters is 1. The van der Waals surface area contributed by atoms with Gasteiger partial charge in [-0.3, -0.25) is 24.5 Å². The smallest absolute Gasteiger partial charge is 0.312 e. The SMILES string of the molecule is COc1ccc(C(=O)[C@H](C)OC(=O)[C@H]2CC(=O)N(c3ccc([N+](=O)[O-])cc3OC)C2)cc1. The van der Waals surface area contributed by atoms with Gasteiger partial charge in [0.15, 0.2) is 6.10 Å². The number of amides is 1. The Balaban J connectivity index is 1.68. The zero-order valence-corrected chi connectivity index (χ0v) is 17.8. The molecule has 0 spiro atoms. The number of nitro benzene ring substituents is 1. The molecule has 0 aromatic heterocycles. The van der Waals surface area contributed by atoms with Crippen LogP contribution in [0.4, 0.5) is 11.4 Å². The maximum absolute atomic E-state index is 12.6. The highest BCUT2D eigenvalue weighted by molar-refractivity contribution is 6.02. The number of carbonyl (C=O) groups excluding carboxylic acids is 3. The summed E-state index contributed by atoms with van der Waals surface area (Å²) in [6.07, 6.45) is -1.14. The Bertz CT molecular complexity index is 1050. The molecule has 0 N–H and O–H groups in total. The van der Waals surface area contributed by atoms with E-state index >= 15 is 0 Å². The summed E-state index contributed by atoms with van der Waals surface area (Å²) in [4.78, 5) is 49.4. The molecule has 2 aromatic rings. The molecule has 1 aliphatic rings. The van der Waals surface area contributed by atoms with Crippen molar-refractivity contribution in [3.8, 4) is 11.5 Å². The zero-order valence-electron chi connectivity index (χ0n) is 17.8. The number of benzene rings is 2. The number of ketones is 1. The van der Waals surface area contributed by atoms with Gasteiger partial charge >= 0.3 is 5.97 Å². The second-order valence-corrected chi connectivity index (χ2v) is 7.19. The van der Waals surface area contributed by atoms with E-state index in [-0.39, 0.29) is 36.1 Å². The quantitative estimate of drug-likeness (QED) is 0.264. The lowest BCUT2D eigenvalue weighted by Crippen LogP contribution is -2.30. The number of rotatable bonds is 8. The van der Waals surface area contributed by atoms with Crippen LogP contribution in [0.25, 0.3) is 0 Å². The van der Waals surface area contributed by atoms with Crippen molar-refractivity contribution in [2.75, 3.05) is 25.7 Å². The van der Waals surface area contributed by atoms with Crippen molar-refractivity contribution >= 4 is 29.0 Å². The van der Waals surface area contributed by atoms with E-state index in [1.165, 1.54) is 44.2 Å². The van der Waals surface area contributed by atoms with E-state index in [1.807, 2.05) is 0 Å². The van der Waals surface area contributed by atoms with Gasteiger partial charge in [0.05, 0.1) is 36.8 Å². The summed E-state index contributed by atoms with van der Waals surface area (Å²) in [5.74, 6) is -1.45. The molecule has 32 heavy (non-hydrogen) atoms. The first kappa shape index (κ1) is 22.7. The Morgan fingerprint density at radius 3 is 2.41 bits per heavy atom. The fraction of sp³-hybridized carbons (Fsp3) is 0.318. The van der Waals surface area contributed by atoms with E-state index in [4.69, 9.17) is 14.2 Å². The van der Waals surface area contributed by atoms with Crippen LogP contribution in [-0.2, 0) is 14.3 Å². The number of non-ortho nitro benzene ring substituents is 1. The molecule has 0 bridgehead atoms. The molecule has 0 saturated carbocycles. The van der Waals surface area contributed by atoms with Crippen molar-refractivity contribution in [3.63, 3.8) is 0 Å². The highest BCUT2D eigenvalue weighted by Gasteiger charge is 2.38. The molecule has 2 aromatic carbocycles. The first-order valence-corrected chi connectivity index (χ1v) is 9.76. The molecule has 1 aliphatic heterocycles. The Morgan fingerprint density at radius 2 is 1.81 bits per heavy atom. The summed E-state index contributed by atoms with van der Waals surface area (Å²) >= 11 is 0. The van der Waals surface area contributed by atoms with E-state index in [9.17, 15) is 24.5 Å². The van der Waals surface area contributed by atoms with Gasteiger partial charge in [-0.25, -0.2) is 0 Å². The van der Waals surface area contributed by atoms with Crippen LogP contribution in [0.2, 0.25) is 0 Å². The summed E-state index contributed by atoms with van der Waals surface area (Å²) in [6.45, 7) is 1.48. The molecule has 168 valence electrons. The third-order valence-corrected chi connectivity index (χ3v) is 5.16. The van der Waals surface area contributed by atoms with Gasteiger partial charge in [0.2, 0.25) is 11.7 Å². The van der Waals surface area contributed by atoms with E-state index in [1.54, 1.807) is 24.3 Å². The maximum atomic E-state index is 12.6. The fourth-order valence-electron chi connectivity index (χ4n) is 3.42. The van der Waals surface area contributed by atoms with E-state index in [0.717, 1.165) is 0 Å². The molecular weight excluding hydrogens is 420 g/mol. The van der Waals surface area contributed by atoms with Gasteiger partial charge in [-0.15, -0.1) is 0 Å². The molecule has 0 aliphatic carbocycles. The lowest BCUT2D eigenvalue weighted by molar-refractivity contribution is -0.384. The molecule has 1 fully saturated rings. The number of nitro groups is 1. The van der Waals surface area contributed by atoms with Crippen LogP contribution in [0.15, 0.2) is 42.5 Å². The average molecular weight is 442 g/mol. The Hall–Kier alpha value is -3.95. The molecule has 10 heteroatoms. The van der Waals surface area contributed by atoms with Crippen LogP contribution in [0.5, 0.6) is 11.5 Å². The van der Waals surface area contributed by atoms with Crippen molar-refractivity contribution in [3.05, 3.63) is 58.1 Å². The van der Waals surface area contributed by atoms with Crippen molar-refractivity contribution in [1.82, 2.24) is 0 Å². The number of methoxy groups -OCH3 is 2. The second kappa shape index (κ2) is 9.46. The predicted molar refractivity (Wildman–Crippen MR) is 113 cm³/mol. The molecule has 2 atom stereocenters. The number of carbonyl (C=O) groups is 3. The third-order valence-electron chi connectivity index (χ3n) is 5.16. The molecule has 1 heterocycles. The summed E-state index contributed by atoms with van der Waals surface area (Å²) < 4.78 is 15.6. The van der Waals surface area contributed by atoms with Crippen LogP contribution in [0.1, 0.15) is 23.7 Å². The van der Waals surface area contributed by atoms with Crippen LogP contribution in [0, 0.1) is 16.0 Å². The molecule has 3 rings (SSSR count). The third kappa shape index (κ3) is 4.69. The summed E-state index contributed by atoms with van der Waals surface area (Å²) in [5.41, 5.74) is 0.505. The van der Waals surface area contributed by atoms with Crippen molar-refractivity contribution in [2.45, 2.75) is 19.4 Å². The number of nitrogens with zero attached hydrogens (tertiary/aromatic N) is 2. The Kier molecular flexibility index (Phi) is 6.72. The van der Waals surface area contributed by atoms with Gasteiger partial charge in [-0.1, -0.05) is 0 Å². The lowest BCUT2D eigenvalue weighted by Gasteiger charge is -2.19. The van der Waals surface area contributed by atoms with Gasteiger partial charge < -0.3 is 19.1 Å². The van der Waals surface area contributed by atoms with E-state index in [2.05, 4.69) is 0 Å². The van der Waals surface area contributed by atoms with Gasteiger partial charge in [0, 0.05) is 24.6 Å². The molecule has 0 radical (unpaired) electrons. The van der Waals surface area contributed by atoms with E-state index < -0.39 is 22.9 Å². The van der Waals surface area contributed by atoms with Crippen molar-refractivity contribution < 1.29 is 33.5 Å². The minimum absolute atomic E-state index is 0.00921. The minimum atomic E-state index is -1.03. The average Bonchev–Trinajstić information content (AvgIpc) is 3.19. The van der Waals surface area contributed by atoms with Crippen LogP contribution >= 0.6 is 0 Å². The second-order valence-electron chi connectivity index (χ2n) is 7.19. The van der Waals surface area contributed by atoms with Crippen LogP contribution in [-0.4, -0.2) is 49.5 Å². The molecule has 10 nitrogen and oxygen atoms in total. The topological polar surface area (TPSA) is 125 Å². The standard InChI is InChI=1S/C22H22N2O8/c1-13(21(26)14-4-7-17(30-2)8-5-14)32-22(27)15-10-20(25)23(12-15)18-9-6-16(24(28)29)11-19(18)31-3/h4-9,11,13,15H,10,12H2,1-3H3/t13-,15-/m0/s1.